The zero-order valence-corrected chi connectivity index (χ0v) is 9.52. The lowest BCUT2D eigenvalue weighted by molar-refractivity contribution is -0.139. The van der Waals surface area contributed by atoms with Crippen LogP contribution in [0.1, 0.15) is 23.2 Å². The minimum Gasteiger partial charge on any atom is -0.480 e. The first kappa shape index (κ1) is 12.3. The molecule has 0 saturated heterocycles. The monoisotopic (exact) mass is 252 g/mol. The Hall–Kier alpha value is -2.11. The van der Waals surface area contributed by atoms with Crippen molar-refractivity contribution in [2.24, 2.45) is 5.92 Å². The van der Waals surface area contributed by atoms with Crippen molar-refractivity contribution in [3.8, 4) is 0 Å². The summed E-state index contributed by atoms with van der Waals surface area (Å²) in [5, 5.41) is 11.4. The van der Waals surface area contributed by atoms with Gasteiger partial charge in [0.15, 0.2) is 0 Å². The van der Waals surface area contributed by atoms with E-state index in [1.807, 2.05) is 0 Å². The molecule has 1 aromatic rings. The number of benzene rings is 1. The minimum absolute atomic E-state index is 0.0399. The third kappa shape index (κ3) is 2.58. The highest BCUT2D eigenvalue weighted by molar-refractivity contribution is 6.00. The van der Waals surface area contributed by atoms with Gasteiger partial charge in [0.1, 0.15) is 11.9 Å². The van der Waals surface area contributed by atoms with E-state index in [1.165, 1.54) is 6.07 Å². The summed E-state index contributed by atoms with van der Waals surface area (Å²) in [6, 6.07) is 2.48. The van der Waals surface area contributed by atoms with Crippen LogP contribution < -0.4 is 11.1 Å². The van der Waals surface area contributed by atoms with Crippen molar-refractivity contribution in [2.75, 3.05) is 5.73 Å². The molecular formula is C12H13FN2O3. The van der Waals surface area contributed by atoms with Gasteiger partial charge in [-0.05, 0) is 37.0 Å². The summed E-state index contributed by atoms with van der Waals surface area (Å²) < 4.78 is 13.0. The number of nitrogens with two attached hydrogens (primary N) is 1. The number of amides is 1. The lowest BCUT2D eigenvalue weighted by Gasteiger charge is -2.14. The maximum absolute atomic E-state index is 13.0. The molecule has 96 valence electrons. The molecular weight excluding hydrogens is 239 g/mol. The number of rotatable bonds is 4. The van der Waals surface area contributed by atoms with Crippen LogP contribution in [0, 0.1) is 11.7 Å². The van der Waals surface area contributed by atoms with Crippen LogP contribution in [-0.2, 0) is 4.79 Å². The standard InChI is InChI=1S/C12H13FN2O3/c13-7-3-4-9(14)8(5-7)11(16)15-10(12(17)18)6-1-2-6/h3-6,10H,1-2,14H2,(H,15,16)(H,17,18). The zero-order chi connectivity index (χ0) is 13.3. The molecule has 1 atom stereocenters. The zero-order valence-electron chi connectivity index (χ0n) is 9.52. The van der Waals surface area contributed by atoms with E-state index in [9.17, 15) is 14.0 Å². The van der Waals surface area contributed by atoms with Crippen molar-refractivity contribution in [1.29, 1.82) is 0 Å². The molecule has 1 aliphatic carbocycles. The molecule has 2 rings (SSSR count). The number of nitrogens with one attached hydrogen (secondary N) is 1. The maximum atomic E-state index is 13.0. The van der Waals surface area contributed by atoms with Crippen LogP contribution in [0.15, 0.2) is 18.2 Å². The second kappa shape index (κ2) is 4.64. The van der Waals surface area contributed by atoms with E-state index in [0.717, 1.165) is 25.0 Å². The molecule has 0 spiro atoms. The van der Waals surface area contributed by atoms with Gasteiger partial charge in [-0.15, -0.1) is 0 Å². The van der Waals surface area contributed by atoms with Gasteiger partial charge < -0.3 is 16.2 Å². The Morgan fingerprint density at radius 1 is 1.44 bits per heavy atom. The summed E-state index contributed by atoms with van der Waals surface area (Å²) in [4.78, 5) is 22.8. The molecule has 1 fully saturated rings. The van der Waals surface area contributed by atoms with Crippen molar-refractivity contribution in [3.63, 3.8) is 0 Å². The van der Waals surface area contributed by atoms with Gasteiger partial charge in [-0.3, -0.25) is 4.79 Å². The van der Waals surface area contributed by atoms with Gasteiger partial charge in [0, 0.05) is 5.69 Å². The number of nitrogen functional groups attached to an aromatic ring is 1. The largest absolute Gasteiger partial charge is 0.480 e. The van der Waals surface area contributed by atoms with Crippen molar-refractivity contribution >= 4 is 17.6 Å². The molecule has 6 heteroatoms. The van der Waals surface area contributed by atoms with E-state index in [0.29, 0.717) is 0 Å². The summed E-state index contributed by atoms with van der Waals surface area (Å²) >= 11 is 0. The Morgan fingerprint density at radius 2 is 2.11 bits per heavy atom. The van der Waals surface area contributed by atoms with E-state index >= 15 is 0 Å². The lowest BCUT2D eigenvalue weighted by atomic mass is 10.1. The fourth-order valence-electron chi connectivity index (χ4n) is 1.75. The summed E-state index contributed by atoms with van der Waals surface area (Å²) in [5.74, 6) is -2.37. The molecule has 0 heterocycles. The molecule has 18 heavy (non-hydrogen) atoms. The molecule has 5 nitrogen and oxygen atoms in total. The second-order valence-electron chi connectivity index (χ2n) is 4.36. The highest BCUT2D eigenvalue weighted by Crippen LogP contribution is 2.33. The molecule has 1 amide bonds. The molecule has 0 bridgehead atoms. The SMILES string of the molecule is Nc1ccc(F)cc1C(=O)NC(C(=O)O)C1CC1. The van der Waals surface area contributed by atoms with Gasteiger partial charge in [-0.2, -0.15) is 0 Å². The van der Waals surface area contributed by atoms with E-state index in [1.54, 1.807) is 0 Å². The normalized spacial score (nSPS) is 16.1. The van der Waals surface area contributed by atoms with Gasteiger partial charge in [0.2, 0.25) is 0 Å². The number of carbonyl (C=O) groups excluding carboxylic acids is 1. The second-order valence-corrected chi connectivity index (χ2v) is 4.36. The lowest BCUT2D eigenvalue weighted by Crippen LogP contribution is -2.42. The third-order valence-electron chi connectivity index (χ3n) is 2.91. The summed E-state index contributed by atoms with van der Waals surface area (Å²) in [6.45, 7) is 0. The molecule has 1 aromatic carbocycles. The fourth-order valence-corrected chi connectivity index (χ4v) is 1.75. The molecule has 1 unspecified atom stereocenters. The van der Waals surface area contributed by atoms with Crippen LogP contribution in [0.5, 0.6) is 0 Å². The Bertz CT molecular complexity index is 500. The van der Waals surface area contributed by atoms with Crippen LogP contribution >= 0.6 is 0 Å². The number of hydrogen-bond donors (Lipinski definition) is 3. The third-order valence-corrected chi connectivity index (χ3v) is 2.91. The topological polar surface area (TPSA) is 92.4 Å². The number of carbonyl (C=O) groups is 2. The summed E-state index contributed by atoms with van der Waals surface area (Å²) in [5.41, 5.74) is 5.64. The van der Waals surface area contributed by atoms with Crippen molar-refractivity contribution < 1.29 is 19.1 Å². The number of carboxylic acids is 1. The van der Waals surface area contributed by atoms with Crippen LogP contribution in [0.25, 0.3) is 0 Å². The van der Waals surface area contributed by atoms with Crippen molar-refractivity contribution in [2.45, 2.75) is 18.9 Å². The maximum Gasteiger partial charge on any atom is 0.326 e. The van der Waals surface area contributed by atoms with E-state index in [2.05, 4.69) is 5.32 Å². The fraction of sp³-hybridized carbons (Fsp3) is 0.333. The highest BCUT2D eigenvalue weighted by Gasteiger charge is 2.37. The highest BCUT2D eigenvalue weighted by atomic mass is 19.1. The predicted molar refractivity (Wildman–Crippen MR) is 62.4 cm³/mol. The van der Waals surface area contributed by atoms with Gasteiger partial charge in [0.25, 0.3) is 5.91 Å². The van der Waals surface area contributed by atoms with E-state index in [4.69, 9.17) is 10.8 Å². The Labute approximate surface area is 103 Å². The van der Waals surface area contributed by atoms with Gasteiger partial charge in [-0.1, -0.05) is 0 Å². The van der Waals surface area contributed by atoms with Gasteiger partial charge >= 0.3 is 5.97 Å². The first-order valence-corrected chi connectivity index (χ1v) is 5.57. The van der Waals surface area contributed by atoms with Crippen LogP contribution in [0.2, 0.25) is 0 Å². The van der Waals surface area contributed by atoms with Crippen LogP contribution in [0.3, 0.4) is 0 Å². The Morgan fingerprint density at radius 3 is 2.67 bits per heavy atom. The molecule has 0 aliphatic heterocycles. The Balaban J connectivity index is 2.15. The molecule has 4 N–H and O–H groups in total. The molecule has 1 aliphatic rings. The first-order chi connectivity index (χ1) is 8.49. The molecule has 0 aromatic heterocycles. The van der Waals surface area contributed by atoms with Crippen LogP contribution in [0.4, 0.5) is 10.1 Å². The average molecular weight is 252 g/mol. The molecule has 1 saturated carbocycles. The number of aliphatic carboxylic acids is 1. The van der Waals surface area contributed by atoms with Gasteiger partial charge in [0.05, 0.1) is 5.56 Å². The number of halogens is 1. The first-order valence-electron chi connectivity index (χ1n) is 5.57. The Kier molecular flexibility index (Phi) is 3.18. The van der Waals surface area contributed by atoms with Gasteiger partial charge in [-0.25, -0.2) is 9.18 Å². The van der Waals surface area contributed by atoms with Crippen LogP contribution in [-0.4, -0.2) is 23.0 Å². The number of hydrogen-bond acceptors (Lipinski definition) is 3. The number of anilines is 1. The minimum atomic E-state index is -1.08. The molecule has 0 radical (unpaired) electrons. The smallest absolute Gasteiger partial charge is 0.326 e. The summed E-state index contributed by atoms with van der Waals surface area (Å²) in [6.07, 6.45) is 1.55. The van der Waals surface area contributed by atoms with Crippen molar-refractivity contribution in [1.82, 2.24) is 5.32 Å². The average Bonchev–Trinajstić information content (AvgIpc) is 3.12. The quantitative estimate of drug-likeness (QED) is 0.697. The number of carboxylic acid groups (broad SMARTS) is 1. The predicted octanol–water partition coefficient (Wildman–Crippen LogP) is 1.00. The van der Waals surface area contributed by atoms with Crippen molar-refractivity contribution in [3.05, 3.63) is 29.6 Å². The summed E-state index contributed by atoms with van der Waals surface area (Å²) in [7, 11) is 0. The van der Waals surface area contributed by atoms with E-state index in [-0.39, 0.29) is 17.2 Å². The van der Waals surface area contributed by atoms with E-state index < -0.39 is 23.7 Å².